The van der Waals surface area contributed by atoms with Gasteiger partial charge in [-0.05, 0) is 42.9 Å². The highest BCUT2D eigenvalue weighted by Gasteiger charge is 2.28. The number of aryl methyl sites for hydroxylation is 1. The van der Waals surface area contributed by atoms with E-state index in [1.54, 1.807) is 4.57 Å². The van der Waals surface area contributed by atoms with Crippen molar-refractivity contribution in [2.24, 2.45) is 11.8 Å². The molecule has 0 spiro atoms. The molecular formula is C27H31N5O2S. The Morgan fingerprint density at radius 3 is 2.66 bits per heavy atom. The number of hydrogen-bond donors (Lipinski definition) is 1. The molecule has 1 amide bonds. The molecule has 182 valence electrons. The summed E-state index contributed by atoms with van der Waals surface area (Å²) in [5.74, 6) is 1.84. The van der Waals surface area contributed by atoms with E-state index in [2.05, 4.69) is 29.4 Å². The molecule has 1 aliphatic carbocycles. The van der Waals surface area contributed by atoms with E-state index in [0.29, 0.717) is 34.7 Å². The Morgan fingerprint density at radius 2 is 1.86 bits per heavy atom. The number of fused-ring (bicyclic) bond motifs is 3. The zero-order chi connectivity index (χ0) is 24.5. The fraction of sp³-hybridized carbons (Fsp3) is 0.407. The quantitative estimate of drug-likeness (QED) is 0.405. The second kappa shape index (κ2) is 9.85. The lowest BCUT2D eigenvalue weighted by molar-refractivity contribution is -0.120. The van der Waals surface area contributed by atoms with Gasteiger partial charge in [0, 0.05) is 6.04 Å². The summed E-state index contributed by atoms with van der Waals surface area (Å²) in [5, 5.41) is 13.2. The normalized spacial score (nSPS) is 20.4. The molecular weight excluding hydrogens is 458 g/mol. The first-order chi connectivity index (χ1) is 16.9. The van der Waals surface area contributed by atoms with Crippen molar-refractivity contribution in [2.75, 3.05) is 5.75 Å². The van der Waals surface area contributed by atoms with E-state index in [1.165, 1.54) is 23.7 Å². The Balaban J connectivity index is 1.44. The molecule has 7 nitrogen and oxygen atoms in total. The highest BCUT2D eigenvalue weighted by atomic mass is 32.2. The third-order valence-electron chi connectivity index (χ3n) is 7.33. The lowest BCUT2D eigenvalue weighted by Crippen LogP contribution is -2.44. The molecule has 1 aliphatic rings. The van der Waals surface area contributed by atoms with E-state index in [4.69, 9.17) is 0 Å². The number of carbonyl (C=O) groups excluding carboxylic acids is 1. The van der Waals surface area contributed by atoms with Gasteiger partial charge in [-0.15, -0.1) is 10.2 Å². The highest BCUT2D eigenvalue weighted by Crippen LogP contribution is 2.30. The van der Waals surface area contributed by atoms with Crippen LogP contribution >= 0.6 is 11.8 Å². The number of carbonyl (C=O) groups is 1. The second-order valence-electron chi connectivity index (χ2n) is 9.74. The average Bonchev–Trinajstić information content (AvgIpc) is 3.28. The van der Waals surface area contributed by atoms with Gasteiger partial charge in [0.25, 0.3) is 5.56 Å². The van der Waals surface area contributed by atoms with Crippen molar-refractivity contribution in [3.63, 3.8) is 0 Å². The van der Waals surface area contributed by atoms with E-state index >= 15 is 0 Å². The van der Waals surface area contributed by atoms with Gasteiger partial charge in [-0.1, -0.05) is 80.4 Å². The minimum atomic E-state index is -0.101. The van der Waals surface area contributed by atoms with Crippen molar-refractivity contribution in [3.8, 4) is 0 Å². The van der Waals surface area contributed by atoms with Crippen LogP contribution in [0, 0.1) is 18.8 Å². The molecule has 1 fully saturated rings. The molecule has 0 saturated heterocycles. The van der Waals surface area contributed by atoms with Crippen LogP contribution in [0.15, 0.2) is 58.5 Å². The van der Waals surface area contributed by atoms with Crippen LogP contribution in [-0.4, -0.2) is 36.9 Å². The van der Waals surface area contributed by atoms with Gasteiger partial charge in [0.1, 0.15) is 0 Å². The first-order valence-corrected chi connectivity index (χ1v) is 13.3. The maximum atomic E-state index is 13.4. The largest absolute Gasteiger partial charge is 0.352 e. The lowest BCUT2D eigenvalue weighted by atomic mass is 9.78. The predicted molar refractivity (Wildman–Crippen MR) is 140 cm³/mol. The van der Waals surface area contributed by atoms with E-state index in [1.807, 2.05) is 59.9 Å². The van der Waals surface area contributed by atoms with Crippen molar-refractivity contribution in [1.29, 1.82) is 0 Å². The molecule has 0 radical (unpaired) electrons. The summed E-state index contributed by atoms with van der Waals surface area (Å²) >= 11 is 1.35. The Morgan fingerprint density at radius 1 is 1.09 bits per heavy atom. The average molecular weight is 490 g/mol. The predicted octanol–water partition coefficient (Wildman–Crippen LogP) is 4.43. The Labute approximate surface area is 208 Å². The monoisotopic (exact) mass is 489 g/mol. The molecule has 1 N–H and O–H groups in total. The number of benzene rings is 2. The molecule has 1 saturated carbocycles. The van der Waals surface area contributed by atoms with Crippen molar-refractivity contribution < 1.29 is 4.79 Å². The smallest absolute Gasteiger partial charge is 0.263 e. The van der Waals surface area contributed by atoms with Crippen LogP contribution in [0.3, 0.4) is 0 Å². The van der Waals surface area contributed by atoms with Crippen LogP contribution in [0.4, 0.5) is 0 Å². The summed E-state index contributed by atoms with van der Waals surface area (Å²) in [7, 11) is 0. The molecule has 4 aromatic rings. The van der Waals surface area contributed by atoms with Gasteiger partial charge in [-0.2, -0.15) is 0 Å². The topological polar surface area (TPSA) is 81.3 Å². The van der Waals surface area contributed by atoms with E-state index in [-0.39, 0.29) is 23.3 Å². The summed E-state index contributed by atoms with van der Waals surface area (Å²) in [6, 6.07) is 15.8. The van der Waals surface area contributed by atoms with E-state index < -0.39 is 0 Å². The van der Waals surface area contributed by atoms with Gasteiger partial charge in [0.2, 0.25) is 11.7 Å². The van der Waals surface area contributed by atoms with Crippen LogP contribution < -0.4 is 10.9 Å². The molecule has 3 unspecified atom stereocenters. The van der Waals surface area contributed by atoms with Gasteiger partial charge in [-0.25, -0.2) is 0 Å². The number of para-hydroxylation sites is 1. The number of thioether (sulfide) groups is 1. The maximum absolute atomic E-state index is 13.4. The molecule has 0 aliphatic heterocycles. The number of rotatable bonds is 6. The van der Waals surface area contributed by atoms with Crippen LogP contribution in [0.1, 0.15) is 44.2 Å². The first-order valence-electron chi connectivity index (χ1n) is 12.3. The van der Waals surface area contributed by atoms with Gasteiger partial charge in [0.05, 0.1) is 23.2 Å². The van der Waals surface area contributed by atoms with Gasteiger partial charge in [0.15, 0.2) is 5.16 Å². The summed E-state index contributed by atoms with van der Waals surface area (Å²) in [5.41, 5.74) is 2.83. The van der Waals surface area contributed by atoms with Crippen LogP contribution in [-0.2, 0) is 11.3 Å². The minimum Gasteiger partial charge on any atom is -0.352 e. The second-order valence-corrected chi connectivity index (χ2v) is 10.7. The van der Waals surface area contributed by atoms with E-state index in [0.717, 1.165) is 23.9 Å². The highest BCUT2D eigenvalue weighted by molar-refractivity contribution is 7.99. The summed E-state index contributed by atoms with van der Waals surface area (Å²) < 4.78 is 3.56. The number of nitrogens with zero attached hydrogens (tertiary/aromatic N) is 4. The summed E-state index contributed by atoms with van der Waals surface area (Å²) in [4.78, 5) is 26.2. The number of amides is 1. The Bertz CT molecular complexity index is 1430. The summed E-state index contributed by atoms with van der Waals surface area (Å²) in [6.45, 7) is 6.93. The van der Waals surface area contributed by atoms with Gasteiger partial charge in [-0.3, -0.25) is 18.6 Å². The maximum Gasteiger partial charge on any atom is 0.263 e. The van der Waals surface area contributed by atoms with Crippen molar-refractivity contribution in [3.05, 3.63) is 70.0 Å². The number of aromatic nitrogens is 4. The Hall–Kier alpha value is -3.13. The van der Waals surface area contributed by atoms with Crippen LogP contribution in [0.2, 0.25) is 0 Å². The fourth-order valence-electron chi connectivity index (χ4n) is 5.01. The molecule has 3 atom stereocenters. The Kier molecular flexibility index (Phi) is 6.65. The zero-order valence-electron chi connectivity index (χ0n) is 20.4. The molecule has 8 heteroatoms. The summed E-state index contributed by atoms with van der Waals surface area (Å²) in [6.07, 6.45) is 3.42. The molecule has 2 aromatic carbocycles. The van der Waals surface area contributed by atoms with E-state index in [9.17, 15) is 9.59 Å². The SMILES string of the molecule is Cc1ccc(Cn2c(=O)c3ccccc3n3c(SCC(=O)NC4CCCC(C)C4C)nnc23)cc1. The zero-order valence-corrected chi connectivity index (χ0v) is 21.2. The van der Waals surface area contributed by atoms with Crippen molar-refractivity contribution >= 4 is 34.3 Å². The molecule has 2 heterocycles. The lowest BCUT2D eigenvalue weighted by Gasteiger charge is -2.34. The molecule has 0 bridgehead atoms. The van der Waals surface area contributed by atoms with Crippen molar-refractivity contribution in [1.82, 2.24) is 24.5 Å². The third-order valence-corrected chi connectivity index (χ3v) is 8.25. The molecule has 2 aromatic heterocycles. The minimum absolute atomic E-state index is 0.00924. The number of hydrogen-bond acceptors (Lipinski definition) is 5. The van der Waals surface area contributed by atoms with Crippen molar-refractivity contribution in [2.45, 2.75) is 57.8 Å². The fourth-order valence-corrected chi connectivity index (χ4v) is 5.76. The third kappa shape index (κ3) is 4.72. The standard InChI is InChI=1S/C27H31N5O2S/c1-17-11-13-20(14-12-17)15-31-25(34)21-8-4-5-10-23(21)32-26(31)29-30-27(32)35-16-24(33)28-22-9-6-7-18(2)19(22)3/h4-5,8,10-14,18-19,22H,6-7,9,15-16H2,1-3H3,(H,28,33). The van der Waals surface area contributed by atoms with Crippen LogP contribution in [0.25, 0.3) is 16.7 Å². The number of nitrogens with one attached hydrogen (secondary N) is 1. The van der Waals surface area contributed by atoms with Gasteiger partial charge >= 0.3 is 0 Å². The molecule has 5 rings (SSSR count). The molecule has 35 heavy (non-hydrogen) atoms. The first kappa shape index (κ1) is 23.6. The van der Waals surface area contributed by atoms with Crippen LogP contribution in [0.5, 0.6) is 0 Å². The van der Waals surface area contributed by atoms with Gasteiger partial charge < -0.3 is 5.32 Å².